The topological polar surface area (TPSA) is 44.4 Å². The number of nitrogens with zero attached hydrogens (tertiary/aromatic N) is 1. The van der Waals surface area contributed by atoms with Crippen LogP contribution in [0, 0.1) is 5.92 Å². The average molecular weight is 261 g/mol. The molecule has 19 heavy (non-hydrogen) atoms. The van der Waals surface area contributed by atoms with Crippen LogP contribution >= 0.6 is 0 Å². The van der Waals surface area contributed by atoms with Crippen LogP contribution in [0.15, 0.2) is 24.3 Å². The largest absolute Gasteiger partial charge is 0.384 e. The van der Waals surface area contributed by atoms with Crippen molar-refractivity contribution >= 4 is 11.6 Å². The van der Waals surface area contributed by atoms with Crippen LogP contribution in [-0.2, 0) is 11.3 Å². The van der Waals surface area contributed by atoms with Gasteiger partial charge in [0, 0.05) is 31.2 Å². The minimum atomic E-state index is 0.202. The first kappa shape index (κ1) is 13.9. The van der Waals surface area contributed by atoms with Gasteiger partial charge in [0.25, 0.3) is 0 Å². The van der Waals surface area contributed by atoms with Crippen molar-refractivity contribution in [2.24, 2.45) is 5.92 Å². The monoisotopic (exact) mass is 261 g/mol. The van der Waals surface area contributed by atoms with Gasteiger partial charge in [-0.3, -0.25) is 4.79 Å². The lowest BCUT2D eigenvalue weighted by atomic mass is 10.2. The van der Waals surface area contributed by atoms with Gasteiger partial charge >= 0.3 is 0 Å². The molecule has 1 saturated carbocycles. The number of rotatable bonds is 7. The van der Waals surface area contributed by atoms with Gasteiger partial charge in [0.05, 0.1) is 0 Å². The first-order valence-electron chi connectivity index (χ1n) is 6.90. The van der Waals surface area contributed by atoms with Crippen molar-refractivity contribution in [2.75, 3.05) is 32.5 Å². The summed E-state index contributed by atoms with van der Waals surface area (Å²) in [6, 6.07) is 8.25. The highest BCUT2D eigenvalue weighted by atomic mass is 16.2. The Labute approximate surface area is 115 Å². The number of amides is 1. The van der Waals surface area contributed by atoms with Crippen LogP contribution in [0.4, 0.5) is 5.69 Å². The molecule has 4 heteroatoms. The fourth-order valence-electron chi connectivity index (χ4n) is 1.84. The molecule has 0 aliphatic heterocycles. The Bertz CT molecular complexity index is 410. The van der Waals surface area contributed by atoms with Crippen molar-refractivity contribution < 1.29 is 4.79 Å². The molecule has 0 radical (unpaired) electrons. The summed E-state index contributed by atoms with van der Waals surface area (Å²) < 4.78 is 0. The minimum Gasteiger partial charge on any atom is -0.384 e. The van der Waals surface area contributed by atoms with Crippen molar-refractivity contribution in [3.63, 3.8) is 0 Å². The number of carbonyl (C=O) groups excluding carboxylic acids is 1. The Morgan fingerprint density at radius 2 is 1.95 bits per heavy atom. The van der Waals surface area contributed by atoms with Crippen LogP contribution in [0.5, 0.6) is 0 Å². The summed E-state index contributed by atoms with van der Waals surface area (Å²) in [5.74, 6) is 0.486. The van der Waals surface area contributed by atoms with E-state index in [4.69, 9.17) is 0 Å². The van der Waals surface area contributed by atoms with Crippen molar-refractivity contribution in [1.82, 2.24) is 10.2 Å². The number of hydrogen-bond acceptors (Lipinski definition) is 3. The first-order chi connectivity index (χ1) is 9.15. The third-order valence-electron chi connectivity index (χ3n) is 3.26. The molecule has 104 valence electrons. The van der Waals surface area contributed by atoms with Crippen LogP contribution < -0.4 is 10.6 Å². The molecule has 1 aliphatic carbocycles. The van der Waals surface area contributed by atoms with Crippen LogP contribution in [0.25, 0.3) is 0 Å². The molecule has 0 unspecified atom stereocenters. The van der Waals surface area contributed by atoms with E-state index in [-0.39, 0.29) is 11.8 Å². The second kappa shape index (κ2) is 6.57. The third-order valence-corrected chi connectivity index (χ3v) is 3.26. The molecule has 0 atom stereocenters. The zero-order valence-corrected chi connectivity index (χ0v) is 11.8. The summed E-state index contributed by atoms with van der Waals surface area (Å²) in [5, 5.41) is 6.34. The molecule has 1 fully saturated rings. The molecule has 4 nitrogen and oxygen atoms in total. The molecule has 0 spiro atoms. The smallest absolute Gasteiger partial charge is 0.223 e. The summed E-state index contributed by atoms with van der Waals surface area (Å²) in [5.41, 5.74) is 2.27. The average Bonchev–Trinajstić information content (AvgIpc) is 3.21. The van der Waals surface area contributed by atoms with Crippen LogP contribution in [0.1, 0.15) is 18.4 Å². The normalized spacial score (nSPS) is 14.5. The number of hydrogen-bond donors (Lipinski definition) is 2. The van der Waals surface area contributed by atoms with E-state index in [0.29, 0.717) is 6.54 Å². The molecule has 1 aromatic carbocycles. The van der Waals surface area contributed by atoms with Gasteiger partial charge in [0.15, 0.2) is 0 Å². The SMILES string of the molecule is CN(C)CCNc1ccc(CNC(=O)C2CC2)cc1. The maximum atomic E-state index is 11.5. The van der Waals surface area contributed by atoms with Crippen molar-refractivity contribution in [1.29, 1.82) is 0 Å². The van der Waals surface area contributed by atoms with Gasteiger partial charge in [-0.1, -0.05) is 12.1 Å². The maximum absolute atomic E-state index is 11.5. The van der Waals surface area contributed by atoms with E-state index in [9.17, 15) is 4.79 Å². The highest BCUT2D eigenvalue weighted by Gasteiger charge is 2.29. The minimum absolute atomic E-state index is 0.202. The third kappa shape index (κ3) is 4.91. The summed E-state index contributed by atoms with van der Waals surface area (Å²) in [4.78, 5) is 13.7. The Hall–Kier alpha value is -1.55. The second-order valence-corrected chi connectivity index (χ2v) is 5.42. The molecule has 1 amide bonds. The fraction of sp³-hybridized carbons (Fsp3) is 0.533. The van der Waals surface area contributed by atoms with Gasteiger partial charge in [-0.05, 0) is 44.6 Å². The van der Waals surface area contributed by atoms with E-state index in [1.165, 1.54) is 0 Å². The van der Waals surface area contributed by atoms with E-state index in [1.54, 1.807) is 0 Å². The predicted octanol–water partition coefficient (Wildman–Crippen LogP) is 1.69. The quantitative estimate of drug-likeness (QED) is 0.785. The Balaban J connectivity index is 1.72. The van der Waals surface area contributed by atoms with Gasteiger partial charge in [-0.15, -0.1) is 0 Å². The molecule has 0 heterocycles. The fourth-order valence-corrected chi connectivity index (χ4v) is 1.84. The molecule has 2 N–H and O–H groups in total. The van der Waals surface area contributed by atoms with Crippen molar-refractivity contribution in [3.8, 4) is 0 Å². The summed E-state index contributed by atoms with van der Waals surface area (Å²) in [6.45, 7) is 2.58. The van der Waals surface area contributed by atoms with Crippen LogP contribution in [-0.4, -0.2) is 38.0 Å². The Morgan fingerprint density at radius 3 is 2.53 bits per heavy atom. The van der Waals surface area contributed by atoms with Crippen LogP contribution in [0.2, 0.25) is 0 Å². The lowest BCUT2D eigenvalue weighted by Crippen LogP contribution is -2.24. The Kier molecular flexibility index (Phi) is 4.80. The Morgan fingerprint density at radius 1 is 1.26 bits per heavy atom. The number of likely N-dealkylation sites (N-methyl/N-ethyl adjacent to an activating group) is 1. The van der Waals surface area contributed by atoms with Crippen molar-refractivity contribution in [2.45, 2.75) is 19.4 Å². The van der Waals surface area contributed by atoms with Crippen molar-refractivity contribution in [3.05, 3.63) is 29.8 Å². The molecular formula is C15H23N3O. The van der Waals surface area contributed by atoms with E-state index >= 15 is 0 Å². The maximum Gasteiger partial charge on any atom is 0.223 e. The highest BCUT2D eigenvalue weighted by Crippen LogP contribution is 2.28. The van der Waals surface area contributed by atoms with Gasteiger partial charge in [0.1, 0.15) is 0 Å². The van der Waals surface area contributed by atoms with E-state index < -0.39 is 0 Å². The number of anilines is 1. The lowest BCUT2D eigenvalue weighted by Gasteiger charge is -2.12. The van der Waals surface area contributed by atoms with Gasteiger partial charge in [-0.25, -0.2) is 0 Å². The molecule has 0 aromatic heterocycles. The summed E-state index contributed by atoms with van der Waals surface area (Å²) in [6.07, 6.45) is 2.11. The second-order valence-electron chi connectivity index (χ2n) is 5.42. The van der Waals surface area contributed by atoms with Gasteiger partial charge in [-0.2, -0.15) is 0 Å². The number of benzene rings is 1. The predicted molar refractivity (Wildman–Crippen MR) is 78.1 cm³/mol. The molecule has 2 rings (SSSR count). The summed E-state index contributed by atoms with van der Waals surface area (Å²) in [7, 11) is 4.13. The number of carbonyl (C=O) groups is 1. The molecule has 1 aromatic rings. The molecule has 0 bridgehead atoms. The molecule has 0 saturated heterocycles. The summed E-state index contributed by atoms with van der Waals surface area (Å²) >= 11 is 0. The van der Waals surface area contributed by atoms with Gasteiger partial charge in [0.2, 0.25) is 5.91 Å². The molecular weight excluding hydrogens is 238 g/mol. The zero-order chi connectivity index (χ0) is 13.7. The zero-order valence-electron chi connectivity index (χ0n) is 11.8. The van der Waals surface area contributed by atoms with Gasteiger partial charge < -0.3 is 15.5 Å². The van der Waals surface area contributed by atoms with E-state index in [0.717, 1.165) is 37.2 Å². The van der Waals surface area contributed by atoms with Crippen LogP contribution in [0.3, 0.4) is 0 Å². The lowest BCUT2D eigenvalue weighted by molar-refractivity contribution is -0.122. The molecule has 1 aliphatic rings. The van der Waals surface area contributed by atoms with E-state index in [1.807, 2.05) is 0 Å². The standard InChI is InChI=1S/C15H23N3O/c1-18(2)10-9-16-14-7-3-12(4-8-14)11-17-15(19)13-5-6-13/h3-4,7-8,13,16H,5-6,9-11H2,1-2H3,(H,17,19). The highest BCUT2D eigenvalue weighted by molar-refractivity contribution is 5.80. The number of nitrogens with one attached hydrogen (secondary N) is 2. The van der Waals surface area contributed by atoms with E-state index in [2.05, 4.69) is 53.9 Å². The first-order valence-corrected chi connectivity index (χ1v) is 6.90.